The van der Waals surface area contributed by atoms with Crippen LogP contribution in [0.3, 0.4) is 0 Å². The second-order valence-corrected chi connectivity index (χ2v) is 3.94. The maximum Gasteiger partial charge on any atom is 0.0795 e. The summed E-state index contributed by atoms with van der Waals surface area (Å²) in [5.74, 6) is 0. The van der Waals surface area contributed by atoms with Crippen LogP contribution < -0.4 is 5.32 Å². The van der Waals surface area contributed by atoms with Crippen molar-refractivity contribution >= 4 is 11.3 Å². The molecule has 1 rings (SSSR count). The van der Waals surface area contributed by atoms with Gasteiger partial charge in [-0.15, -0.1) is 11.3 Å². The molecule has 13 heavy (non-hydrogen) atoms. The first-order valence-corrected chi connectivity index (χ1v) is 5.95. The summed E-state index contributed by atoms with van der Waals surface area (Å²) in [6.07, 6.45) is 5.31. The molecule has 74 valence electrons. The number of hydrogen-bond donors (Lipinski definition) is 1. The van der Waals surface area contributed by atoms with E-state index in [0.717, 1.165) is 13.1 Å². The lowest BCUT2D eigenvalue weighted by molar-refractivity contribution is 0.594. The van der Waals surface area contributed by atoms with E-state index in [-0.39, 0.29) is 0 Å². The molecule has 0 aromatic carbocycles. The highest BCUT2D eigenvalue weighted by Crippen LogP contribution is 2.00. The number of rotatable bonds is 7. The number of unbranched alkanes of at least 4 members (excludes halogenated alkanes) is 3. The SMILES string of the molecule is CCCCCCNCc1cscn1. The van der Waals surface area contributed by atoms with Crippen molar-refractivity contribution in [3.8, 4) is 0 Å². The van der Waals surface area contributed by atoms with Crippen LogP contribution in [0.2, 0.25) is 0 Å². The van der Waals surface area contributed by atoms with E-state index < -0.39 is 0 Å². The van der Waals surface area contributed by atoms with Gasteiger partial charge in [-0.05, 0) is 13.0 Å². The van der Waals surface area contributed by atoms with Crippen molar-refractivity contribution in [2.45, 2.75) is 39.2 Å². The molecule has 1 aromatic rings. The van der Waals surface area contributed by atoms with Gasteiger partial charge in [-0.2, -0.15) is 0 Å². The second kappa shape index (κ2) is 7.04. The Morgan fingerprint density at radius 1 is 1.38 bits per heavy atom. The zero-order valence-electron chi connectivity index (χ0n) is 8.25. The third-order valence-electron chi connectivity index (χ3n) is 2.00. The minimum Gasteiger partial charge on any atom is -0.311 e. The Labute approximate surface area is 84.4 Å². The van der Waals surface area contributed by atoms with Crippen LogP contribution in [0.4, 0.5) is 0 Å². The van der Waals surface area contributed by atoms with Crippen LogP contribution in [-0.2, 0) is 6.54 Å². The molecule has 0 saturated heterocycles. The molecule has 0 bridgehead atoms. The molecule has 0 aliphatic carbocycles. The number of aromatic nitrogens is 1. The Hall–Kier alpha value is -0.410. The maximum atomic E-state index is 4.21. The van der Waals surface area contributed by atoms with Crippen molar-refractivity contribution in [1.29, 1.82) is 0 Å². The van der Waals surface area contributed by atoms with Gasteiger partial charge in [0.05, 0.1) is 11.2 Å². The topological polar surface area (TPSA) is 24.9 Å². The monoisotopic (exact) mass is 198 g/mol. The Kier molecular flexibility index (Phi) is 5.78. The van der Waals surface area contributed by atoms with Crippen molar-refractivity contribution in [3.63, 3.8) is 0 Å². The zero-order valence-corrected chi connectivity index (χ0v) is 9.07. The Bertz CT molecular complexity index is 197. The van der Waals surface area contributed by atoms with Gasteiger partial charge in [0.15, 0.2) is 0 Å². The van der Waals surface area contributed by atoms with E-state index in [1.165, 1.54) is 31.4 Å². The van der Waals surface area contributed by atoms with E-state index >= 15 is 0 Å². The van der Waals surface area contributed by atoms with Crippen LogP contribution in [0.15, 0.2) is 10.9 Å². The Morgan fingerprint density at radius 2 is 2.31 bits per heavy atom. The molecule has 2 nitrogen and oxygen atoms in total. The lowest BCUT2D eigenvalue weighted by atomic mass is 10.2. The van der Waals surface area contributed by atoms with Crippen LogP contribution in [0, 0.1) is 0 Å². The summed E-state index contributed by atoms with van der Waals surface area (Å²) in [7, 11) is 0. The molecule has 1 aromatic heterocycles. The van der Waals surface area contributed by atoms with Gasteiger partial charge in [-0.1, -0.05) is 26.2 Å². The molecule has 1 heterocycles. The lowest BCUT2D eigenvalue weighted by Crippen LogP contribution is -2.14. The normalized spacial score (nSPS) is 10.5. The predicted molar refractivity (Wildman–Crippen MR) is 58.0 cm³/mol. The summed E-state index contributed by atoms with van der Waals surface area (Å²) in [6.45, 7) is 4.29. The minimum absolute atomic E-state index is 0.926. The van der Waals surface area contributed by atoms with Gasteiger partial charge in [-0.25, -0.2) is 4.98 Å². The summed E-state index contributed by atoms with van der Waals surface area (Å²) < 4.78 is 0. The molecule has 0 unspecified atom stereocenters. The molecule has 0 fully saturated rings. The zero-order chi connectivity index (χ0) is 9.36. The van der Waals surface area contributed by atoms with Crippen molar-refractivity contribution in [2.24, 2.45) is 0 Å². The largest absolute Gasteiger partial charge is 0.311 e. The average Bonchev–Trinajstić information content (AvgIpc) is 2.63. The fourth-order valence-electron chi connectivity index (χ4n) is 1.22. The number of hydrogen-bond acceptors (Lipinski definition) is 3. The average molecular weight is 198 g/mol. The maximum absolute atomic E-state index is 4.21. The lowest BCUT2D eigenvalue weighted by Gasteiger charge is -2.01. The summed E-state index contributed by atoms with van der Waals surface area (Å²) in [4.78, 5) is 4.21. The fraction of sp³-hybridized carbons (Fsp3) is 0.700. The van der Waals surface area contributed by atoms with Crippen LogP contribution in [-0.4, -0.2) is 11.5 Å². The van der Waals surface area contributed by atoms with Crippen molar-refractivity contribution < 1.29 is 0 Å². The summed E-state index contributed by atoms with van der Waals surface area (Å²) in [5, 5.41) is 5.49. The molecule has 0 amide bonds. The van der Waals surface area contributed by atoms with Gasteiger partial charge in [0.25, 0.3) is 0 Å². The first-order chi connectivity index (χ1) is 6.43. The highest BCUT2D eigenvalue weighted by Gasteiger charge is 1.93. The molecule has 0 aliphatic rings. The van der Waals surface area contributed by atoms with Crippen molar-refractivity contribution in [1.82, 2.24) is 10.3 Å². The third kappa shape index (κ3) is 5.01. The van der Waals surface area contributed by atoms with Crippen LogP contribution in [0.5, 0.6) is 0 Å². The molecule has 0 radical (unpaired) electrons. The minimum atomic E-state index is 0.926. The van der Waals surface area contributed by atoms with E-state index in [1.807, 2.05) is 5.51 Å². The smallest absolute Gasteiger partial charge is 0.0795 e. The molecule has 1 N–H and O–H groups in total. The summed E-state index contributed by atoms with van der Waals surface area (Å²) in [6, 6.07) is 0. The second-order valence-electron chi connectivity index (χ2n) is 3.22. The molecule has 0 atom stereocenters. The fourth-order valence-corrected chi connectivity index (χ4v) is 1.78. The number of thiazole rings is 1. The quantitative estimate of drug-likeness (QED) is 0.681. The third-order valence-corrected chi connectivity index (χ3v) is 2.63. The van der Waals surface area contributed by atoms with Gasteiger partial charge in [0.1, 0.15) is 0 Å². The molecule has 0 saturated carbocycles. The van der Waals surface area contributed by atoms with Gasteiger partial charge < -0.3 is 5.32 Å². The van der Waals surface area contributed by atoms with Crippen LogP contribution in [0.25, 0.3) is 0 Å². The molecular weight excluding hydrogens is 180 g/mol. The molecule has 0 aliphatic heterocycles. The van der Waals surface area contributed by atoms with E-state index in [2.05, 4.69) is 22.6 Å². The van der Waals surface area contributed by atoms with Gasteiger partial charge in [0.2, 0.25) is 0 Å². The van der Waals surface area contributed by atoms with E-state index in [0.29, 0.717) is 0 Å². The highest BCUT2D eigenvalue weighted by atomic mass is 32.1. The van der Waals surface area contributed by atoms with Crippen LogP contribution >= 0.6 is 11.3 Å². The van der Waals surface area contributed by atoms with E-state index in [4.69, 9.17) is 0 Å². The van der Waals surface area contributed by atoms with Gasteiger partial charge in [0, 0.05) is 11.9 Å². The van der Waals surface area contributed by atoms with Crippen molar-refractivity contribution in [2.75, 3.05) is 6.54 Å². The molecular formula is C10H18N2S. The molecule has 0 spiro atoms. The number of nitrogens with one attached hydrogen (secondary N) is 1. The first-order valence-electron chi connectivity index (χ1n) is 5.01. The predicted octanol–water partition coefficient (Wildman–Crippen LogP) is 2.81. The Morgan fingerprint density at radius 3 is 3.00 bits per heavy atom. The highest BCUT2D eigenvalue weighted by molar-refractivity contribution is 7.07. The van der Waals surface area contributed by atoms with Crippen molar-refractivity contribution in [3.05, 3.63) is 16.6 Å². The summed E-state index contributed by atoms with van der Waals surface area (Å²) in [5.41, 5.74) is 3.05. The first kappa shape index (κ1) is 10.7. The standard InChI is InChI=1S/C10H18N2S/c1-2-3-4-5-6-11-7-10-8-13-9-12-10/h8-9,11H,2-7H2,1H3. The number of nitrogens with zero attached hydrogens (tertiary/aromatic N) is 1. The Balaban J connectivity index is 1.90. The van der Waals surface area contributed by atoms with Gasteiger partial charge >= 0.3 is 0 Å². The van der Waals surface area contributed by atoms with E-state index in [1.54, 1.807) is 11.3 Å². The molecule has 3 heteroatoms. The van der Waals surface area contributed by atoms with Gasteiger partial charge in [-0.3, -0.25) is 0 Å². The van der Waals surface area contributed by atoms with Crippen LogP contribution in [0.1, 0.15) is 38.3 Å². The summed E-state index contributed by atoms with van der Waals surface area (Å²) >= 11 is 1.66. The van der Waals surface area contributed by atoms with E-state index in [9.17, 15) is 0 Å².